The average Bonchev–Trinajstić information content (AvgIpc) is 2.51. The minimum absolute atomic E-state index is 0.157. The molecule has 162 valence electrons. The van der Waals surface area contributed by atoms with Crippen molar-refractivity contribution < 1.29 is 41.1 Å². The Morgan fingerprint density at radius 3 is 2.21 bits per heavy atom. The first-order valence-corrected chi connectivity index (χ1v) is 11.0. The summed E-state index contributed by atoms with van der Waals surface area (Å²) in [6.45, 7) is 3.81. The number of alkyl halides is 2. The number of hydrogen-bond donors (Lipinski definition) is 2. The van der Waals surface area contributed by atoms with Crippen molar-refractivity contribution in [2.45, 2.75) is 75.9 Å². The van der Waals surface area contributed by atoms with Crippen molar-refractivity contribution >= 4 is 16.1 Å². The highest BCUT2D eigenvalue weighted by Gasteiger charge is 2.60. The van der Waals surface area contributed by atoms with Gasteiger partial charge in [0.15, 0.2) is 6.10 Å². The molecule has 3 unspecified atom stereocenters. The fourth-order valence-corrected chi connectivity index (χ4v) is 6.14. The van der Waals surface area contributed by atoms with Crippen LogP contribution in [0, 0.1) is 23.2 Å². The summed E-state index contributed by atoms with van der Waals surface area (Å²) >= 11 is 0. The van der Waals surface area contributed by atoms with E-state index in [1.165, 1.54) is 0 Å². The van der Waals surface area contributed by atoms with E-state index in [2.05, 4.69) is 4.74 Å². The predicted octanol–water partition coefficient (Wildman–Crippen LogP) is 2.38. The van der Waals surface area contributed by atoms with Gasteiger partial charge in [0.05, 0.1) is 11.7 Å². The molecule has 4 aliphatic rings. The lowest BCUT2D eigenvalue weighted by Crippen LogP contribution is -2.61. The molecule has 10 heteroatoms. The van der Waals surface area contributed by atoms with E-state index in [0.717, 1.165) is 32.1 Å². The number of aliphatic hydroxyl groups is 1. The van der Waals surface area contributed by atoms with Crippen LogP contribution in [0.25, 0.3) is 0 Å². The summed E-state index contributed by atoms with van der Waals surface area (Å²) in [7, 11) is -5.69. The number of rotatable bonds is 7. The Bertz CT molecular complexity index is 715. The third kappa shape index (κ3) is 3.68. The van der Waals surface area contributed by atoms with Gasteiger partial charge in [-0.1, -0.05) is 0 Å². The molecule has 4 aliphatic carbocycles. The van der Waals surface area contributed by atoms with Crippen LogP contribution in [-0.4, -0.2) is 53.7 Å². The summed E-state index contributed by atoms with van der Waals surface area (Å²) in [5, 5.41) is 6.08. The molecule has 0 amide bonds. The molecule has 4 saturated carbocycles. The maximum absolute atomic E-state index is 13.5. The van der Waals surface area contributed by atoms with Crippen LogP contribution in [0.1, 0.15) is 52.9 Å². The summed E-state index contributed by atoms with van der Waals surface area (Å²) in [4.78, 5) is 11.9. The van der Waals surface area contributed by atoms with Crippen LogP contribution in [0.2, 0.25) is 0 Å². The molecule has 0 heterocycles. The molecule has 0 saturated heterocycles. The van der Waals surface area contributed by atoms with E-state index in [9.17, 15) is 27.1 Å². The predicted molar refractivity (Wildman–Crippen MR) is 94.1 cm³/mol. The highest BCUT2D eigenvalue weighted by Crippen LogP contribution is 2.64. The third-order valence-corrected chi connectivity index (χ3v) is 8.02. The van der Waals surface area contributed by atoms with Gasteiger partial charge in [-0.25, -0.2) is 4.79 Å². The maximum atomic E-state index is 13.5. The van der Waals surface area contributed by atoms with Crippen LogP contribution in [0.15, 0.2) is 0 Å². The SMILES string of the molecule is CC(OC(=O)COC1C2CC3CC1CC(C(C)(C)O)(C3)C2)C(F)(F)S(=O)(=O)O. The van der Waals surface area contributed by atoms with Gasteiger partial charge in [0, 0.05) is 0 Å². The molecule has 0 radical (unpaired) electrons. The lowest BCUT2D eigenvalue weighted by Gasteiger charge is -2.63. The Hall–Kier alpha value is -0.840. The van der Waals surface area contributed by atoms with Gasteiger partial charge in [-0.2, -0.15) is 17.2 Å². The molecule has 4 rings (SSSR count). The van der Waals surface area contributed by atoms with Gasteiger partial charge in [0.2, 0.25) is 0 Å². The van der Waals surface area contributed by atoms with Crippen molar-refractivity contribution in [1.29, 1.82) is 0 Å². The van der Waals surface area contributed by atoms with E-state index in [-0.39, 0.29) is 23.4 Å². The van der Waals surface area contributed by atoms with Crippen LogP contribution in [0.5, 0.6) is 0 Å². The molecule has 0 aliphatic heterocycles. The normalized spacial score (nSPS) is 36.4. The minimum Gasteiger partial charge on any atom is -0.453 e. The number of carbonyl (C=O) groups is 1. The van der Waals surface area contributed by atoms with E-state index in [1.807, 2.05) is 13.8 Å². The van der Waals surface area contributed by atoms with Crippen LogP contribution in [0.3, 0.4) is 0 Å². The second-order valence-electron chi connectivity index (χ2n) is 9.25. The van der Waals surface area contributed by atoms with Crippen molar-refractivity contribution in [3.63, 3.8) is 0 Å². The summed E-state index contributed by atoms with van der Waals surface area (Å²) in [5.41, 5.74) is -0.959. The molecule has 28 heavy (non-hydrogen) atoms. The standard InChI is InChI=1S/C18H28F2O7S/c1-10(18(19,20)28(23,24)25)27-14(21)9-26-15-12-4-11-5-13(15)8-17(6-11,7-12)16(2,3)22/h10-13,15,22H,4-9H2,1-3H3,(H,23,24,25). The Morgan fingerprint density at radius 2 is 1.75 bits per heavy atom. The van der Waals surface area contributed by atoms with Gasteiger partial charge in [-0.05, 0) is 76.0 Å². The molecule has 4 bridgehead atoms. The van der Waals surface area contributed by atoms with E-state index in [4.69, 9.17) is 9.29 Å². The summed E-state index contributed by atoms with van der Waals surface area (Å²) in [6.07, 6.45) is 1.92. The molecule has 0 aromatic carbocycles. The smallest absolute Gasteiger partial charge is 0.405 e. The van der Waals surface area contributed by atoms with Crippen LogP contribution < -0.4 is 0 Å². The zero-order valence-corrected chi connectivity index (χ0v) is 17.0. The lowest BCUT2D eigenvalue weighted by atomic mass is 9.45. The van der Waals surface area contributed by atoms with Crippen molar-refractivity contribution in [1.82, 2.24) is 0 Å². The number of hydrogen-bond acceptors (Lipinski definition) is 6. The van der Waals surface area contributed by atoms with Crippen LogP contribution in [-0.2, 0) is 24.4 Å². The van der Waals surface area contributed by atoms with Crippen LogP contribution >= 0.6 is 0 Å². The molecule has 3 atom stereocenters. The molecule has 4 fully saturated rings. The minimum atomic E-state index is -5.69. The average molecular weight is 426 g/mol. The molecule has 7 nitrogen and oxygen atoms in total. The Balaban J connectivity index is 1.59. The zero-order chi connectivity index (χ0) is 21.1. The highest BCUT2D eigenvalue weighted by atomic mass is 32.2. The van der Waals surface area contributed by atoms with Crippen molar-refractivity contribution in [3.8, 4) is 0 Å². The Labute approximate surface area is 163 Å². The molecule has 0 spiro atoms. The lowest BCUT2D eigenvalue weighted by molar-refractivity contribution is -0.215. The van der Waals surface area contributed by atoms with Gasteiger partial charge >= 0.3 is 21.3 Å². The Kier molecular flexibility index (Phi) is 5.35. The molecule has 0 aromatic rings. The highest BCUT2D eigenvalue weighted by molar-refractivity contribution is 7.86. The second kappa shape index (κ2) is 6.85. The molecule has 0 aromatic heterocycles. The van der Waals surface area contributed by atoms with Gasteiger partial charge in [-0.3, -0.25) is 4.55 Å². The third-order valence-electron chi connectivity index (χ3n) is 7.00. The van der Waals surface area contributed by atoms with Crippen molar-refractivity contribution in [2.75, 3.05) is 6.61 Å². The number of carbonyl (C=O) groups excluding carboxylic acids is 1. The first kappa shape index (κ1) is 21.9. The van der Waals surface area contributed by atoms with Gasteiger partial charge in [-0.15, -0.1) is 0 Å². The molecular formula is C18H28F2O7S. The van der Waals surface area contributed by atoms with E-state index in [1.54, 1.807) is 0 Å². The fraction of sp³-hybridized carbons (Fsp3) is 0.944. The van der Waals surface area contributed by atoms with Crippen molar-refractivity contribution in [3.05, 3.63) is 0 Å². The first-order chi connectivity index (χ1) is 12.7. The van der Waals surface area contributed by atoms with Crippen LogP contribution in [0.4, 0.5) is 8.78 Å². The summed E-state index contributed by atoms with van der Waals surface area (Å²) in [6, 6.07) is 0. The fourth-order valence-electron chi connectivity index (χ4n) is 5.67. The van der Waals surface area contributed by atoms with E-state index < -0.39 is 39.7 Å². The van der Waals surface area contributed by atoms with Gasteiger partial charge < -0.3 is 14.6 Å². The number of halogens is 2. The van der Waals surface area contributed by atoms with E-state index >= 15 is 0 Å². The monoisotopic (exact) mass is 426 g/mol. The van der Waals surface area contributed by atoms with Gasteiger partial charge in [0.25, 0.3) is 0 Å². The summed E-state index contributed by atoms with van der Waals surface area (Å²) < 4.78 is 67.2. The number of ether oxygens (including phenoxy) is 2. The maximum Gasteiger partial charge on any atom is 0.405 e. The van der Waals surface area contributed by atoms with E-state index in [0.29, 0.717) is 12.8 Å². The second-order valence-corrected chi connectivity index (χ2v) is 10.7. The molecular weight excluding hydrogens is 398 g/mol. The first-order valence-electron chi connectivity index (χ1n) is 9.54. The van der Waals surface area contributed by atoms with Crippen molar-refractivity contribution in [2.24, 2.45) is 23.2 Å². The summed E-state index contributed by atoms with van der Waals surface area (Å²) in [5.74, 6) is -0.227. The largest absolute Gasteiger partial charge is 0.453 e. The Morgan fingerprint density at radius 1 is 1.21 bits per heavy atom. The topological polar surface area (TPSA) is 110 Å². The zero-order valence-electron chi connectivity index (χ0n) is 16.2. The molecule has 2 N–H and O–H groups in total. The quantitative estimate of drug-likeness (QED) is 0.475. The van der Waals surface area contributed by atoms with Gasteiger partial charge in [0.1, 0.15) is 6.61 Å². The number of esters is 1.